The molecule has 3 heterocycles. The summed E-state index contributed by atoms with van der Waals surface area (Å²) in [6, 6.07) is 10.9. The number of piperazine rings is 1. The Bertz CT molecular complexity index is 1070. The average Bonchev–Trinajstić information content (AvgIpc) is 3.20. The van der Waals surface area contributed by atoms with Crippen molar-refractivity contribution in [3.63, 3.8) is 0 Å². The fourth-order valence-corrected chi connectivity index (χ4v) is 4.62. The van der Waals surface area contributed by atoms with Gasteiger partial charge in [0.1, 0.15) is 19.8 Å². The number of rotatable bonds is 4. The molecule has 2 fully saturated rings. The third kappa shape index (κ3) is 4.50. The second kappa shape index (κ2) is 9.19. The van der Waals surface area contributed by atoms with Gasteiger partial charge in [-0.3, -0.25) is 9.69 Å². The van der Waals surface area contributed by atoms with Crippen LogP contribution in [-0.4, -0.2) is 80.8 Å². The van der Waals surface area contributed by atoms with Crippen LogP contribution in [0.25, 0.3) is 0 Å². The van der Waals surface area contributed by atoms with E-state index in [4.69, 9.17) is 32.7 Å². The molecular weight excluding hydrogens is 467 g/mol. The predicted octanol–water partition coefficient (Wildman–Crippen LogP) is 3.36. The Hall–Kier alpha value is -2.84. The van der Waals surface area contributed by atoms with Crippen LogP contribution in [0.4, 0.5) is 16.2 Å². The van der Waals surface area contributed by atoms with Gasteiger partial charge in [0.25, 0.3) is 0 Å². The number of hydrogen-bond acceptors (Lipinski definition) is 5. The monoisotopic (exact) mass is 490 g/mol. The second-order valence-corrected chi connectivity index (χ2v) is 8.96. The number of benzene rings is 2. The van der Waals surface area contributed by atoms with Crippen LogP contribution in [-0.2, 0) is 4.79 Å². The van der Waals surface area contributed by atoms with Crippen LogP contribution < -0.4 is 19.3 Å². The van der Waals surface area contributed by atoms with Gasteiger partial charge in [-0.1, -0.05) is 23.2 Å². The first-order valence-corrected chi connectivity index (χ1v) is 11.7. The Morgan fingerprint density at radius 2 is 1.55 bits per heavy atom. The lowest BCUT2D eigenvalue weighted by molar-refractivity contribution is -0.131. The molecule has 2 aromatic rings. The minimum absolute atomic E-state index is 0.0406. The zero-order chi connectivity index (χ0) is 22.9. The van der Waals surface area contributed by atoms with Gasteiger partial charge in [-0.2, -0.15) is 0 Å². The molecule has 5 rings (SSSR count). The summed E-state index contributed by atoms with van der Waals surface area (Å²) in [6.45, 7) is 4.68. The number of ether oxygens (including phenoxy) is 2. The number of carbonyl (C=O) groups excluding carboxylic acids is 2. The maximum atomic E-state index is 13.0. The van der Waals surface area contributed by atoms with E-state index in [0.717, 1.165) is 11.4 Å². The molecule has 3 aliphatic heterocycles. The van der Waals surface area contributed by atoms with Crippen molar-refractivity contribution in [2.75, 3.05) is 68.8 Å². The van der Waals surface area contributed by atoms with Gasteiger partial charge in [-0.25, -0.2) is 4.79 Å². The van der Waals surface area contributed by atoms with E-state index >= 15 is 0 Å². The summed E-state index contributed by atoms with van der Waals surface area (Å²) in [4.78, 5) is 33.1. The first-order chi connectivity index (χ1) is 16.0. The van der Waals surface area contributed by atoms with Crippen LogP contribution in [0.1, 0.15) is 0 Å². The first-order valence-electron chi connectivity index (χ1n) is 10.9. The van der Waals surface area contributed by atoms with E-state index in [2.05, 4.69) is 4.90 Å². The molecule has 8 nitrogen and oxygen atoms in total. The number of carbonyl (C=O) groups is 2. The third-order valence-electron chi connectivity index (χ3n) is 6.16. The molecule has 2 aromatic carbocycles. The summed E-state index contributed by atoms with van der Waals surface area (Å²) in [5.74, 6) is 1.28. The molecule has 0 N–H and O–H groups in total. The molecule has 0 radical (unpaired) electrons. The highest BCUT2D eigenvalue weighted by molar-refractivity contribution is 6.42. The Kier molecular flexibility index (Phi) is 6.12. The van der Waals surface area contributed by atoms with Crippen LogP contribution in [0.15, 0.2) is 36.4 Å². The Labute approximate surface area is 202 Å². The number of urea groups is 1. The lowest BCUT2D eigenvalue weighted by atomic mass is 10.2. The van der Waals surface area contributed by atoms with Gasteiger partial charge >= 0.3 is 6.03 Å². The van der Waals surface area contributed by atoms with Gasteiger partial charge < -0.3 is 24.2 Å². The van der Waals surface area contributed by atoms with Crippen LogP contribution in [0.5, 0.6) is 11.5 Å². The van der Waals surface area contributed by atoms with Crippen molar-refractivity contribution < 1.29 is 19.1 Å². The van der Waals surface area contributed by atoms with E-state index in [9.17, 15) is 9.59 Å². The van der Waals surface area contributed by atoms with Gasteiger partial charge in [0.15, 0.2) is 11.5 Å². The Balaban J connectivity index is 1.16. The molecule has 0 saturated carbocycles. The minimum Gasteiger partial charge on any atom is -0.486 e. The average molecular weight is 491 g/mol. The fraction of sp³-hybridized carbons (Fsp3) is 0.391. The van der Waals surface area contributed by atoms with Gasteiger partial charge in [0, 0.05) is 56.7 Å². The molecule has 0 unspecified atom stereocenters. The topological polar surface area (TPSA) is 65.6 Å². The van der Waals surface area contributed by atoms with Crippen LogP contribution in [0.2, 0.25) is 10.0 Å². The van der Waals surface area contributed by atoms with Crippen molar-refractivity contribution >= 4 is 46.5 Å². The predicted molar refractivity (Wildman–Crippen MR) is 127 cm³/mol. The van der Waals surface area contributed by atoms with E-state index in [0.29, 0.717) is 74.0 Å². The zero-order valence-electron chi connectivity index (χ0n) is 18.0. The molecule has 0 aliphatic carbocycles. The van der Waals surface area contributed by atoms with Crippen molar-refractivity contribution in [1.29, 1.82) is 0 Å². The Morgan fingerprint density at radius 3 is 2.30 bits per heavy atom. The van der Waals surface area contributed by atoms with E-state index in [-0.39, 0.29) is 18.5 Å². The van der Waals surface area contributed by atoms with Gasteiger partial charge in [-0.05, 0) is 30.3 Å². The number of amides is 3. The number of hydrogen-bond donors (Lipinski definition) is 0. The van der Waals surface area contributed by atoms with Crippen molar-refractivity contribution in [2.45, 2.75) is 0 Å². The Morgan fingerprint density at radius 1 is 0.818 bits per heavy atom. The number of nitrogens with zero attached hydrogens (tertiary/aromatic N) is 4. The third-order valence-corrected chi connectivity index (χ3v) is 6.90. The molecule has 0 bridgehead atoms. The van der Waals surface area contributed by atoms with Crippen LogP contribution in [0, 0.1) is 0 Å². The fourth-order valence-electron chi connectivity index (χ4n) is 4.33. The molecule has 3 aliphatic rings. The van der Waals surface area contributed by atoms with Crippen molar-refractivity contribution in [3.05, 3.63) is 46.4 Å². The molecular formula is C23H24Cl2N4O4. The maximum absolute atomic E-state index is 13.0. The zero-order valence-corrected chi connectivity index (χ0v) is 19.5. The summed E-state index contributed by atoms with van der Waals surface area (Å²) >= 11 is 12.1. The van der Waals surface area contributed by atoms with Crippen molar-refractivity contribution in [2.24, 2.45) is 0 Å². The molecule has 2 saturated heterocycles. The van der Waals surface area contributed by atoms with Gasteiger partial charge in [0.2, 0.25) is 5.91 Å². The molecule has 0 spiro atoms. The largest absolute Gasteiger partial charge is 0.486 e. The second-order valence-electron chi connectivity index (χ2n) is 8.15. The van der Waals surface area contributed by atoms with Gasteiger partial charge in [-0.15, -0.1) is 0 Å². The summed E-state index contributed by atoms with van der Waals surface area (Å²) in [6.07, 6.45) is 0. The minimum atomic E-state index is -0.172. The van der Waals surface area contributed by atoms with E-state index in [1.165, 1.54) is 0 Å². The van der Waals surface area contributed by atoms with Crippen LogP contribution >= 0.6 is 23.2 Å². The quantitative estimate of drug-likeness (QED) is 0.657. The SMILES string of the molecule is O=C(CN1CCN(c2ccc3c(c2)OCCO3)C1=O)N1CCN(c2ccc(Cl)c(Cl)c2)CC1. The van der Waals surface area contributed by atoms with Crippen molar-refractivity contribution in [1.82, 2.24) is 9.80 Å². The van der Waals surface area contributed by atoms with Crippen LogP contribution in [0.3, 0.4) is 0 Å². The number of fused-ring (bicyclic) bond motifs is 1. The normalized spacial score (nSPS) is 18.2. The summed E-state index contributed by atoms with van der Waals surface area (Å²) in [5.41, 5.74) is 1.73. The van der Waals surface area contributed by atoms with E-state index in [1.54, 1.807) is 15.9 Å². The highest BCUT2D eigenvalue weighted by atomic mass is 35.5. The lowest BCUT2D eigenvalue weighted by Gasteiger charge is -2.36. The van der Waals surface area contributed by atoms with Crippen molar-refractivity contribution in [3.8, 4) is 11.5 Å². The smallest absolute Gasteiger partial charge is 0.325 e. The molecule has 33 heavy (non-hydrogen) atoms. The number of halogens is 2. The summed E-state index contributed by atoms with van der Waals surface area (Å²) in [5, 5.41) is 1.04. The molecule has 0 atom stereocenters. The highest BCUT2D eigenvalue weighted by Gasteiger charge is 2.33. The number of anilines is 2. The summed E-state index contributed by atoms with van der Waals surface area (Å²) < 4.78 is 11.2. The molecule has 3 amide bonds. The molecule has 10 heteroatoms. The lowest BCUT2D eigenvalue weighted by Crippen LogP contribution is -2.51. The molecule has 0 aromatic heterocycles. The maximum Gasteiger partial charge on any atom is 0.325 e. The van der Waals surface area contributed by atoms with Gasteiger partial charge in [0.05, 0.1) is 10.0 Å². The van der Waals surface area contributed by atoms with E-state index < -0.39 is 0 Å². The highest BCUT2D eigenvalue weighted by Crippen LogP contribution is 2.35. The summed E-state index contributed by atoms with van der Waals surface area (Å²) in [7, 11) is 0. The standard InChI is InChI=1S/C23H24Cl2N4O4/c24-18-3-1-16(13-19(18)25)26-5-7-27(8-6-26)22(30)15-28-9-10-29(23(28)31)17-2-4-20-21(14-17)33-12-11-32-20/h1-4,13-14H,5-12,15H2. The first kappa shape index (κ1) is 22.0. The van der Waals surface area contributed by atoms with E-state index in [1.807, 2.05) is 35.2 Å². The molecule has 174 valence electrons.